The van der Waals surface area contributed by atoms with Crippen molar-refractivity contribution in [2.24, 2.45) is 11.3 Å². The van der Waals surface area contributed by atoms with E-state index in [1.165, 1.54) is 30.2 Å². The molecule has 3 N–H and O–H groups in total. The van der Waals surface area contributed by atoms with E-state index < -0.39 is 7.60 Å². The molecule has 0 aliphatic heterocycles. The van der Waals surface area contributed by atoms with Crippen molar-refractivity contribution in [2.45, 2.75) is 32.1 Å². The third-order valence-corrected chi connectivity index (χ3v) is 8.92. The van der Waals surface area contributed by atoms with Crippen LogP contribution in [0.5, 0.6) is 0 Å². The number of hydrogen-bond acceptors (Lipinski definition) is 5. The van der Waals surface area contributed by atoms with Crippen LogP contribution in [-0.4, -0.2) is 20.7 Å². The second kappa shape index (κ2) is 7.89. The molecule has 2 aliphatic rings. The van der Waals surface area contributed by atoms with Crippen LogP contribution in [0.2, 0.25) is 0 Å². The summed E-state index contributed by atoms with van der Waals surface area (Å²) in [6, 6.07) is 16.3. The molecule has 1 unspecified atom stereocenters. The summed E-state index contributed by atoms with van der Waals surface area (Å²) in [6.45, 7) is 0. The third kappa shape index (κ3) is 3.81. The van der Waals surface area contributed by atoms with Gasteiger partial charge in [0.05, 0.1) is 10.2 Å². The topological polar surface area (TPSA) is 113 Å². The molecule has 0 radical (unpaired) electrons. The molecule has 4 aromatic rings. The van der Waals surface area contributed by atoms with E-state index in [1.54, 1.807) is 6.07 Å². The van der Waals surface area contributed by atoms with Crippen LogP contribution in [0.1, 0.15) is 32.1 Å². The molecule has 174 valence electrons. The Hall–Kier alpha value is -2.77. The van der Waals surface area contributed by atoms with Gasteiger partial charge in [0.2, 0.25) is 11.4 Å². The molecular weight excluding hydrogens is 471 g/mol. The van der Waals surface area contributed by atoms with Gasteiger partial charge < -0.3 is 19.5 Å². The van der Waals surface area contributed by atoms with Gasteiger partial charge in [0.25, 0.3) is 0 Å². The Morgan fingerprint density at radius 2 is 1.85 bits per heavy atom. The minimum Gasteiger partial charge on any atom is -0.448 e. The SMILES string of the molecule is O=C(Nc1nc2cccc(-c3cccc(-c4ccc(P(=O)(O)O)o4)c3)c2s1)C1CC12CCCC2. The molecule has 0 bridgehead atoms. The molecule has 2 aromatic heterocycles. The van der Waals surface area contributed by atoms with E-state index >= 15 is 0 Å². The molecule has 2 aromatic carbocycles. The number of hydrogen-bond donors (Lipinski definition) is 3. The average Bonchev–Trinajstić information content (AvgIpc) is 3.23. The van der Waals surface area contributed by atoms with Crippen LogP contribution < -0.4 is 10.8 Å². The first-order valence-electron chi connectivity index (χ1n) is 11.3. The number of furan rings is 1. The highest BCUT2D eigenvalue weighted by atomic mass is 32.1. The van der Waals surface area contributed by atoms with Crippen LogP contribution >= 0.6 is 18.9 Å². The highest BCUT2D eigenvalue weighted by molar-refractivity contribution is 7.59. The maximum atomic E-state index is 12.8. The highest BCUT2D eigenvalue weighted by Crippen LogP contribution is 2.63. The van der Waals surface area contributed by atoms with Gasteiger partial charge >= 0.3 is 7.60 Å². The lowest BCUT2D eigenvalue weighted by Crippen LogP contribution is -2.17. The van der Waals surface area contributed by atoms with Crippen LogP contribution in [-0.2, 0) is 9.36 Å². The van der Waals surface area contributed by atoms with Crippen LogP contribution in [0, 0.1) is 11.3 Å². The minimum atomic E-state index is -4.45. The monoisotopic (exact) mass is 494 g/mol. The number of nitrogens with zero attached hydrogens (tertiary/aromatic N) is 1. The number of thiazole rings is 1. The summed E-state index contributed by atoms with van der Waals surface area (Å²) in [5.41, 5.74) is 3.31. The fourth-order valence-electron chi connectivity index (χ4n) is 5.25. The predicted molar refractivity (Wildman–Crippen MR) is 132 cm³/mol. The van der Waals surface area contributed by atoms with Gasteiger partial charge in [-0.1, -0.05) is 54.5 Å². The first-order valence-corrected chi connectivity index (χ1v) is 13.7. The van der Waals surface area contributed by atoms with Crippen LogP contribution in [0.4, 0.5) is 5.13 Å². The zero-order chi connectivity index (χ0) is 23.5. The molecule has 2 saturated carbocycles. The zero-order valence-electron chi connectivity index (χ0n) is 18.2. The van der Waals surface area contributed by atoms with Crippen molar-refractivity contribution in [1.29, 1.82) is 0 Å². The summed E-state index contributed by atoms with van der Waals surface area (Å²) in [7, 11) is -4.45. The fraction of sp³-hybridized carbons (Fsp3) is 0.280. The molecule has 9 heteroatoms. The van der Waals surface area contributed by atoms with Crippen molar-refractivity contribution in [3.05, 3.63) is 54.6 Å². The van der Waals surface area contributed by atoms with E-state index in [-0.39, 0.29) is 22.7 Å². The highest BCUT2D eigenvalue weighted by Gasteiger charge is 2.58. The Balaban J connectivity index is 1.29. The number of anilines is 1. The Labute approximate surface area is 200 Å². The van der Waals surface area contributed by atoms with Crippen LogP contribution in [0.15, 0.2) is 59.0 Å². The van der Waals surface area contributed by atoms with Crippen LogP contribution in [0.25, 0.3) is 32.7 Å². The standard InChI is InChI=1S/C25H23N2O5PS/c28-23(18-14-25(18)11-1-2-12-25)27-24-26-19-8-4-7-17(22(19)34-24)15-5-3-6-16(13-15)20-9-10-21(32-20)33(29,30)31/h3-10,13,18H,1-2,11-12,14H2,(H,26,27,28)(H2,29,30,31). The number of aromatic nitrogens is 1. The van der Waals surface area contributed by atoms with Gasteiger partial charge in [0, 0.05) is 17.0 Å². The maximum Gasteiger partial charge on any atom is 0.391 e. The first-order chi connectivity index (χ1) is 16.3. The van der Waals surface area contributed by atoms with Crippen LogP contribution in [0.3, 0.4) is 0 Å². The van der Waals surface area contributed by atoms with Gasteiger partial charge in [-0.25, -0.2) is 4.98 Å². The lowest BCUT2D eigenvalue weighted by atomic mass is 10.0. The number of fused-ring (bicyclic) bond motifs is 1. The number of carbonyl (C=O) groups excluding carboxylic acids is 1. The number of nitrogens with one attached hydrogen (secondary N) is 1. The normalized spacial score (nSPS) is 19.1. The summed E-state index contributed by atoms with van der Waals surface area (Å²) >= 11 is 1.46. The molecule has 34 heavy (non-hydrogen) atoms. The largest absolute Gasteiger partial charge is 0.448 e. The Morgan fingerprint density at radius 3 is 2.62 bits per heavy atom. The van der Waals surface area contributed by atoms with Crippen molar-refractivity contribution >= 4 is 45.7 Å². The second-order valence-corrected chi connectivity index (χ2v) is 11.8. The molecule has 2 aliphatic carbocycles. The molecule has 2 fully saturated rings. The van der Waals surface area contributed by atoms with Crippen molar-refractivity contribution < 1.29 is 23.6 Å². The Morgan fingerprint density at radius 1 is 1.09 bits per heavy atom. The van der Waals surface area contributed by atoms with Crippen molar-refractivity contribution in [2.75, 3.05) is 5.32 Å². The summed E-state index contributed by atoms with van der Waals surface area (Å²) < 4.78 is 17.9. The van der Waals surface area contributed by atoms with Gasteiger partial charge in [-0.05, 0) is 54.5 Å². The van der Waals surface area contributed by atoms with Crippen molar-refractivity contribution in [3.8, 4) is 22.5 Å². The van der Waals surface area contributed by atoms with Gasteiger partial charge in [0.1, 0.15) is 5.76 Å². The number of rotatable bonds is 5. The molecule has 1 amide bonds. The molecular formula is C25H23N2O5PS. The van der Waals surface area contributed by atoms with Gasteiger partial charge in [0.15, 0.2) is 5.13 Å². The van der Waals surface area contributed by atoms with Crippen molar-refractivity contribution in [3.63, 3.8) is 0 Å². The Kier molecular flexibility index (Phi) is 5.04. The summed E-state index contributed by atoms with van der Waals surface area (Å²) in [6.07, 6.45) is 5.78. The molecule has 0 saturated heterocycles. The fourth-order valence-corrected chi connectivity index (χ4v) is 6.74. The molecule has 1 atom stereocenters. The number of amides is 1. The quantitative estimate of drug-likeness (QED) is 0.314. The summed E-state index contributed by atoms with van der Waals surface area (Å²) in [4.78, 5) is 36.2. The van der Waals surface area contributed by atoms with Crippen molar-refractivity contribution in [1.82, 2.24) is 4.98 Å². The molecule has 7 nitrogen and oxygen atoms in total. The maximum absolute atomic E-state index is 12.8. The second-order valence-electron chi connectivity index (χ2n) is 9.25. The van der Waals surface area contributed by atoms with E-state index in [0.29, 0.717) is 16.5 Å². The molecule has 2 heterocycles. The summed E-state index contributed by atoms with van der Waals surface area (Å²) in [5.74, 6) is 0.586. The van der Waals surface area contributed by atoms with E-state index in [0.717, 1.165) is 40.6 Å². The van der Waals surface area contributed by atoms with E-state index in [9.17, 15) is 19.1 Å². The average molecular weight is 495 g/mol. The van der Waals surface area contributed by atoms with E-state index in [2.05, 4.69) is 10.3 Å². The minimum absolute atomic E-state index is 0.0863. The Bertz CT molecular complexity index is 1460. The molecule has 1 spiro atoms. The van der Waals surface area contributed by atoms with E-state index in [4.69, 9.17) is 4.42 Å². The summed E-state index contributed by atoms with van der Waals surface area (Å²) in [5, 5.41) is 3.67. The third-order valence-electron chi connectivity index (χ3n) is 7.09. The lowest BCUT2D eigenvalue weighted by molar-refractivity contribution is -0.118. The van der Waals surface area contributed by atoms with Gasteiger partial charge in [-0.3, -0.25) is 9.36 Å². The van der Waals surface area contributed by atoms with Gasteiger partial charge in [-0.2, -0.15) is 0 Å². The first kappa shape index (κ1) is 21.7. The molecule has 6 rings (SSSR count). The zero-order valence-corrected chi connectivity index (χ0v) is 19.9. The number of benzene rings is 2. The predicted octanol–water partition coefficient (Wildman–Crippen LogP) is 5.55. The van der Waals surface area contributed by atoms with E-state index in [1.807, 2.05) is 42.5 Å². The van der Waals surface area contributed by atoms with Gasteiger partial charge in [-0.15, -0.1) is 0 Å². The smallest absolute Gasteiger partial charge is 0.391 e. The number of carbonyl (C=O) groups is 1. The lowest BCUT2D eigenvalue weighted by Gasteiger charge is -2.07.